The minimum Gasteiger partial charge on any atom is -1.00 e. The molecule has 6 aliphatic heterocycles. The molecule has 30 heteroatoms. The maximum Gasteiger partial charge on any atom is 1.00 e. The van der Waals surface area contributed by atoms with Gasteiger partial charge >= 0.3 is 77.3 Å². The molecule has 0 aromatic heterocycles. The first-order chi connectivity index (χ1) is 49.7. The Bertz CT molecular complexity index is 3970. The molecule has 10 fully saturated rings. The average Bonchev–Trinajstić information content (AvgIpc) is 1.63. The van der Waals surface area contributed by atoms with Crippen molar-refractivity contribution in [1.82, 2.24) is 0 Å². The number of rotatable bonds is 20. The normalized spacial score (nSPS) is 24.2. The third-order valence-electron chi connectivity index (χ3n) is 19.0. The fourth-order valence-electron chi connectivity index (χ4n) is 14.9. The molecule has 4 saturated carbocycles. The first-order valence-electron chi connectivity index (χ1n) is 34.2. The van der Waals surface area contributed by atoms with Crippen molar-refractivity contribution < 1.29 is 158 Å². The third-order valence-corrected chi connectivity index (χ3v) is 24.6. The van der Waals surface area contributed by atoms with Crippen molar-refractivity contribution in [2.75, 3.05) is 37.9 Å². The van der Waals surface area contributed by atoms with Crippen LogP contribution in [0.25, 0.3) is 0 Å². The van der Waals surface area contributed by atoms with Gasteiger partial charge in [-0.2, -0.15) is 0 Å². The molecule has 0 amide bonds. The van der Waals surface area contributed by atoms with E-state index in [0.717, 1.165) is 47.9 Å². The van der Waals surface area contributed by atoms with Crippen molar-refractivity contribution in [3.63, 3.8) is 0 Å². The topological polar surface area (TPSA) is 343 Å². The van der Waals surface area contributed by atoms with Gasteiger partial charge in [-0.1, -0.05) is 72.8 Å². The molecule has 6 saturated heterocycles. The third kappa shape index (κ3) is 22.0. The van der Waals surface area contributed by atoms with E-state index in [9.17, 15) is 64.3 Å². The zero-order valence-corrected chi connectivity index (χ0v) is 65.8. The molecular weight excluding hydrogens is 1530 g/mol. The second-order valence-electron chi connectivity index (χ2n) is 26.9. The van der Waals surface area contributed by atoms with Gasteiger partial charge in [0.05, 0.1) is 46.8 Å². The van der Waals surface area contributed by atoms with Crippen LogP contribution in [0.1, 0.15) is 86.5 Å². The summed E-state index contributed by atoms with van der Waals surface area (Å²) in [6, 6.07) is 50.2. The summed E-state index contributed by atoms with van der Waals surface area (Å²) in [5.41, 5.74) is 3.77. The van der Waals surface area contributed by atoms with Gasteiger partial charge in [-0.3, -0.25) is 19.2 Å². The Labute approximate surface area is 653 Å². The van der Waals surface area contributed by atoms with E-state index in [4.69, 9.17) is 47.4 Å². The largest absolute Gasteiger partial charge is 1.00 e. The van der Waals surface area contributed by atoms with Gasteiger partial charge in [0.15, 0.2) is 42.6 Å². The summed E-state index contributed by atoms with van der Waals surface area (Å²) in [4.78, 5) is 101. The van der Waals surface area contributed by atoms with Crippen molar-refractivity contribution >= 4 is 89.8 Å². The average molecular weight is 1610 g/mol. The molecular formula is C76H80BrNaO24S4. The molecule has 0 spiro atoms. The second-order valence-corrected chi connectivity index (χ2v) is 33.7. The molecule has 0 radical (unpaired) electrons. The Hall–Kier alpha value is -7.32. The van der Waals surface area contributed by atoms with Gasteiger partial charge in [0.2, 0.25) is 12.2 Å². The fourth-order valence-corrected chi connectivity index (χ4v) is 20.1. The maximum absolute atomic E-state index is 12.1. The molecule has 6 aromatic rings. The fraction of sp³-hybridized carbons (Fsp3) is 0.421. The van der Waals surface area contributed by atoms with E-state index < -0.39 is 104 Å². The van der Waals surface area contributed by atoms with E-state index in [1.54, 1.807) is 0 Å². The molecule has 16 rings (SSSR count). The van der Waals surface area contributed by atoms with Crippen LogP contribution in [0, 0.1) is 63.2 Å². The second kappa shape index (κ2) is 37.2. The van der Waals surface area contributed by atoms with Crippen molar-refractivity contribution in [1.29, 1.82) is 0 Å². The summed E-state index contributed by atoms with van der Waals surface area (Å²) in [5.74, 6) is -5.28. The summed E-state index contributed by atoms with van der Waals surface area (Å²) < 4.78 is 116. The number of hydrogen-bond acceptors (Lipinski definition) is 24. The predicted molar refractivity (Wildman–Crippen MR) is 370 cm³/mol. The van der Waals surface area contributed by atoms with Crippen LogP contribution in [-0.4, -0.2) is 148 Å². The summed E-state index contributed by atoms with van der Waals surface area (Å²) in [6.07, 6.45) is 2.73. The van der Waals surface area contributed by atoms with Gasteiger partial charge < -0.3 is 73.5 Å². The number of carbonyl (C=O) groups is 8. The number of fused-ring (bicyclic) bond motifs is 2. The number of carbonyl (C=O) groups excluding carboxylic acids is 8. The van der Waals surface area contributed by atoms with Crippen LogP contribution in [0.3, 0.4) is 0 Å². The van der Waals surface area contributed by atoms with E-state index in [-0.39, 0.29) is 130 Å². The van der Waals surface area contributed by atoms with Crippen LogP contribution in [0.15, 0.2) is 175 Å². The summed E-state index contributed by atoms with van der Waals surface area (Å²) >= 11 is 0. The summed E-state index contributed by atoms with van der Waals surface area (Å²) in [6.45, 7) is 7.95. The Morgan fingerprint density at radius 1 is 0.425 bits per heavy atom. The first kappa shape index (κ1) is 82.7. The van der Waals surface area contributed by atoms with E-state index in [2.05, 4.69) is 121 Å². The van der Waals surface area contributed by atoms with Crippen molar-refractivity contribution in [3.05, 3.63) is 168 Å². The molecule has 0 N–H and O–H groups in total. The Morgan fingerprint density at radius 2 is 0.736 bits per heavy atom. The van der Waals surface area contributed by atoms with Gasteiger partial charge in [-0.15, -0.1) is 0 Å². The Kier molecular flexibility index (Phi) is 29.0. The number of aryl methyl sites for hydroxylation is 4. The van der Waals surface area contributed by atoms with Crippen LogP contribution >= 0.6 is 0 Å². The minimum atomic E-state index is -4.65. The van der Waals surface area contributed by atoms with E-state index >= 15 is 0 Å². The molecule has 10 aliphatic rings. The van der Waals surface area contributed by atoms with Gasteiger partial charge in [-0.25, -0.2) is 36.0 Å². The minimum absolute atomic E-state index is 0. The molecule has 8 bridgehead atoms. The SMILES string of the molecule is Cc1cc([S+](c2ccccc2)c2ccccc2)cc(C)c1OCC(=O)OC1CCOC1=O.Cc1cc([S+](c2ccccc2)c2ccccc2)cc(C)c1OCC(=O)OC1CCOC1=O.O=C(CS(=O)(=O)[O-])OC1C2CC3CC(C2)C(=O)OC1C3.O=C(CS(=O)(=O)[O-])OC1C2CC3CC(C2)C(=O)OC1C3.[Br-].[Na+]. The molecule has 6 heterocycles. The number of halogens is 1. The standard InChI is InChI=1S/2C26H25O5S.2C12H16O7S.BrH.Na/c2*1-18-15-22(32(20-9-5-3-6-10-20)21-11-7-4-8-12-21)16-19(2)25(18)30-17-24(27)31-23-13-14-29-26(23)28;2*13-10(5-20(15,16)17)19-11-7-1-6-2-8(4-7)12(14)18-9(11)3-6;;/h2*3-12,15-16,23H,13-14,17H2,1-2H3;2*6-9,11H,1-5H2,(H,15,16,17);1H;/q2*+1;;;;+1/p-3. The summed E-state index contributed by atoms with van der Waals surface area (Å²) in [7, 11) is -9.83. The smallest absolute Gasteiger partial charge is 1.00 e. The zero-order valence-electron chi connectivity index (χ0n) is 58.9. The molecule has 12 atom stereocenters. The van der Waals surface area contributed by atoms with Crippen LogP contribution < -0.4 is 56.0 Å². The van der Waals surface area contributed by atoms with Crippen LogP contribution in [0.2, 0.25) is 0 Å². The molecule has 12 unspecified atom stereocenters. The molecule has 24 nitrogen and oxygen atoms in total. The van der Waals surface area contributed by atoms with Crippen molar-refractivity contribution in [3.8, 4) is 11.5 Å². The predicted octanol–water partition coefficient (Wildman–Crippen LogP) is 2.89. The van der Waals surface area contributed by atoms with Crippen LogP contribution in [0.5, 0.6) is 11.5 Å². The van der Waals surface area contributed by atoms with E-state index in [0.29, 0.717) is 61.9 Å². The molecule has 6 aromatic carbocycles. The van der Waals surface area contributed by atoms with Gasteiger partial charge in [-0.05, 0) is 162 Å². The van der Waals surface area contributed by atoms with Crippen LogP contribution in [-0.2, 0) is 118 Å². The van der Waals surface area contributed by atoms with Gasteiger partial charge in [0.1, 0.15) is 67.7 Å². The first-order valence-corrected chi connectivity index (χ1v) is 39.9. The van der Waals surface area contributed by atoms with E-state index in [1.165, 1.54) is 29.4 Å². The number of benzene rings is 6. The molecule has 560 valence electrons. The molecule has 4 aliphatic carbocycles. The number of cyclic esters (lactones) is 2. The van der Waals surface area contributed by atoms with Crippen molar-refractivity contribution in [2.24, 2.45) is 35.5 Å². The monoisotopic (exact) mass is 1610 g/mol. The molecule has 106 heavy (non-hydrogen) atoms. The van der Waals surface area contributed by atoms with E-state index in [1.807, 2.05) is 52.0 Å². The Balaban J connectivity index is 0.000000166. The zero-order chi connectivity index (χ0) is 74.0. The van der Waals surface area contributed by atoms with Crippen molar-refractivity contribution in [2.45, 2.75) is 158 Å². The Morgan fingerprint density at radius 3 is 1.02 bits per heavy atom. The van der Waals surface area contributed by atoms with Gasteiger partial charge in [0, 0.05) is 48.9 Å². The quantitative estimate of drug-likeness (QED) is 0.0349. The summed E-state index contributed by atoms with van der Waals surface area (Å²) in [5, 5.41) is 0. The number of hydrogen-bond donors (Lipinski definition) is 0. The number of esters is 8. The van der Waals surface area contributed by atoms with Gasteiger partial charge in [0.25, 0.3) is 0 Å². The maximum atomic E-state index is 12.1. The van der Waals surface area contributed by atoms with Crippen LogP contribution in [0.4, 0.5) is 0 Å². The number of ether oxygens (including phenoxy) is 10.